The molecule has 3 rings (SSSR count). The van der Waals surface area contributed by atoms with Crippen molar-refractivity contribution in [3.63, 3.8) is 0 Å². The van der Waals surface area contributed by atoms with Gasteiger partial charge in [-0.15, -0.1) is 11.3 Å². The van der Waals surface area contributed by atoms with Crippen LogP contribution in [0.3, 0.4) is 0 Å². The first kappa shape index (κ1) is 15.5. The summed E-state index contributed by atoms with van der Waals surface area (Å²) in [6, 6.07) is 1.87. The minimum absolute atomic E-state index is 0.0221. The third-order valence-corrected chi connectivity index (χ3v) is 6.10. The summed E-state index contributed by atoms with van der Waals surface area (Å²) >= 11 is 4.17. The maximum atomic E-state index is 12.4. The summed E-state index contributed by atoms with van der Waals surface area (Å²) in [5, 5.41) is 4.48. The summed E-state index contributed by atoms with van der Waals surface area (Å²) in [6.07, 6.45) is 0. The highest BCUT2D eigenvalue weighted by Crippen LogP contribution is 2.21. The van der Waals surface area contributed by atoms with Gasteiger partial charge in [-0.2, -0.15) is 0 Å². The van der Waals surface area contributed by atoms with Crippen LogP contribution in [-0.4, -0.2) is 19.9 Å². The zero-order chi connectivity index (χ0) is 15.7. The molecule has 0 unspecified atom stereocenters. The van der Waals surface area contributed by atoms with Crippen LogP contribution in [-0.2, 0) is 13.1 Å². The van der Waals surface area contributed by atoms with Crippen molar-refractivity contribution in [2.45, 2.75) is 32.1 Å². The van der Waals surface area contributed by atoms with E-state index < -0.39 is 0 Å². The first-order chi connectivity index (χ1) is 10.6. The highest BCUT2D eigenvalue weighted by molar-refractivity contribution is 7.99. The molecule has 3 aromatic heterocycles. The van der Waals surface area contributed by atoms with Crippen LogP contribution in [0.2, 0.25) is 0 Å². The second-order valence-electron chi connectivity index (χ2n) is 4.72. The Morgan fingerprint density at radius 3 is 2.77 bits per heavy atom. The zero-order valence-electron chi connectivity index (χ0n) is 12.2. The minimum Gasteiger partial charge on any atom is -0.303 e. The molecule has 0 N–H and O–H groups in total. The molecule has 0 aliphatic rings. The Hall–Kier alpha value is -1.38. The van der Waals surface area contributed by atoms with Gasteiger partial charge in [-0.1, -0.05) is 23.1 Å². The van der Waals surface area contributed by atoms with Gasteiger partial charge in [0.15, 0.2) is 5.16 Å². The van der Waals surface area contributed by atoms with Crippen molar-refractivity contribution < 1.29 is 0 Å². The van der Waals surface area contributed by atoms with E-state index in [0.29, 0.717) is 23.5 Å². The first-order valence-electron chi connectivity index (χ1n) is 6.87. The van der Waals surface area contributed by atoms with Crippen molar-refractivity contribution in [3.05, 3.63) is 42.5 Å². The van der Waals surface area contributed by atoms with Crippen LogP contribution in [0, 0.1) is 6.92 Å². The van der Waals surface area contributed by atoms with Crippen molar-refractivity contribution >= 4 is 44.7 Å². The van der Waals surface area contributed by atoms with E-state index in [0.717, 1.165) is 16.4 Å². The van der Waals surface area contributed by atoms with Crippen LogP contribution >= 0.6 is 34.4 Å². The average Bonchev–Trinajstić information content (AvgIpc) is 3.09. The van der Waals surface area contributed by atoms with Crippen molar-refractivity contribution in [1.82, 2.24) is 14.1 Å². The lowest BCUT2D eigenvalue weighted by Crippen LogP contribution is -2.22. The van der Waals surface area contributed by atoms with Gasteiger partial charge in [0, 0.05) is 29.9 Å². The molecular formula is C14H15N3O2S3. The number of aryl methyl sites for hydroxylation is 1. The molecule has 116 valence electrons. The van der Waals surface area contributed by atoms with Crippen molar-refractivity contribution in [1.29, 1.82) is 0 Å². The van der Waals surface area contributed by atoms with Gasteiger partial charge >= 0.3 is 4.87 Å². The number of thiophene rings is 1. The Balaban J connectivity index is 1.84. The van der Waals surface area contributed by atoms with Crippen molar-refractivity contribution in [3.8, 4) is 0 Å². The van der Waals surface area contributed by atoms with Crippen LogP contribution in [0.25, 0.3) is 10.2 Å². The van der Waals surface area contributed by atoms with E-state index in [2.05, 4.69) is 4.98 Å². The van der Waals surface area contributed by atoms with Crippen LogP contribution in [0.15, 0.2) is 31.6 Å². The highest BCUT2D eigenvalue weighted by Gasteiger charge is 2.11. The van der Waals surface area contributed by atoms with Gasteiger partial charge in [-0.3, -0.25) is 14.2 Å². The second kappa shape index (κ2) is 6.39. The summed E-state index contributed by atoms with van der Waals surface area (Å²) < 4.78 is 4.16. The van der Waals surface area contributed by atoms with Gasteiger partial charge in [0.05, 0.1) is 5.52 Å². The maximum absolute atomic E-state index is 12.4. The lowest BCUT2D eigenvalue weighted by Gasteiger charge is -2.10. The van der Waals surface area contributed by atoms with Gasteiger partial charge < -0.3 is 4.57 Å². The summed E-state index contributed by atoms with van der Waals surface area (Å²) in [5.74, 6) is 0.708. The fourth-order valence-corrected chi connectivity index (χ4v) is 4.74. The molecular weight excluding hydrogens is 338 g/mol. The molecule has 0 atom stereocenters. The number of aromatic nitrogens is 3. The second-order valence-corrected chi connectivity index (χ2v) is 7.52. The molecule has 3 aromatic rings. The molecule has 0 saturated carbocycles. The van der Waals surface area contributed by atoms with E-state index >= 15 is 0 Å². The average molecular weight is 353 g/mol. The maximum Gasteiger partial charge on any atom is 0.307 e. The largest absolute Gasteiger partial charge is 0.307 e. The molecule has 0 aliphatic carbocycles. The molecule has 3 heterocycles. The van der Waals surface area contributed by atoms with Gasteiger partial charge in [0.25, 0.3) is 5.56 Å². The number of nitrogens with zero attached hydrogens (tertiary/aromatic N) is 3. The third-order valence-electron chi connectivity index (χ3n) is 3.37. The van der Waals surface area contributed by atoms with E-state index in [4.69, 9.17) is 0 Å². The Labute approximate surface area is 139 Å². The normalized spacial score (nSPS) is 11.4. The summed E-state index contributed by atoms with van der Waals surface area (Å²) in [6.45, 7) is 5.10. The lowest BCUT2D eigenvalue weighted by atomic mass is 10.5. The number of hydrogen-bond donors (Lipinski definition) is 0. The van der Waals surface area contributed by atoms with Gasteiger partial charge in [-0.05, 0) is 25.3 Å². The highest BCUT2D eigenvalue weighted by atomic mass is 32.2. The quantitative estimate of drug-likeness (QED) is 0.523. The summed E-state index contributed by atoms with van der Waals surface area (Å²) in [4.78, 5) is 28.8. The van der Waals surface area contributed by atoms with Gasteiger partial charge in [-0.25, -0.2) is 4.98 Å². The van der Waals surface area contributed by atoms with Crippen LogP contribution in [0.4, 0.5) is 0 Å². The molecule has 0 amide bonds. The monoisotopic (exact) mass is 353 g/mol. The van der Waals surface area contributed by atoms with Crippen LogP contribution < -0.4 is 10.4 Å². The Kier molecular flexibility index (Phi) is 4.51. The Bertz CT molecular complexity index is 919. The SMILES string of the molecule is CCn1c(SCCn2c(C)csc2=O)nc2ccsc2c1=O. The molecule has 0 fully saturated rings. The molecule has 22 heavy (non-hydrogen) atoms. The molecule has 0 aromatic carbocycles. The molecule has 8 heteroatoms. The molecule has 0 saturated heterocycles. The van der Waals surface area contributed by atoms with Crippen molar-refractivity contribution in [2.24, 2.45) is 0 Å². The lowest BCUT2D eigenvalue weighted by molar-refractivity contribution is 0.634. The van der Waals surface area contributed by atoms with Gasteiger partial charge in [0.2, 0.25) is 0 Å². The predicted molar refractivity (Wildman–Crippen MR) is 93.6 cm³/mol. The topological polar surface area (TPSA) is 56.9 Å². The number of rotatable bonds is 5. The van der Waals surface area contributed by atoms with E-state index in [-0.39, 0.29) is 10.4 Å². The van der Waals surface area contributed by atoms with Crippen LogP contribution in [0.1, 0.15) is 12.6 Å². The standard InChI is InChI=1S/C14H15N3O2S3/c1-3-16-12(18)11-10(4-6-20-11)15-13(16)21-7-5-17-9(2)8-22-14(17)19/h4,6,8H,3,5,7H2,1-2H3. The molecule has 0 bridgehead atoms. The minimum atomic E-state index is 0.0221. The van der Waals surface area contributed by atoms with E-state index in [1.165, 1.54) is 34.4 Å². The number of thiazole rings is 1. The Morgan fingerprint density at radius 2 is 2.09 bits per heavy atom. The van der Waals surface area contributed by atoms with Gasteiger partial charge in [0.1, 0.15) is 4.70 Å². The smallest absolute Gasteiger partial charge is 0.303 e. The van der Waals surface area contributed by atoms with E-state index in [9.17, 15) is 9.59 Å². The Morgan fingerprint density at radius 1 is 1.27 bits per heavy atom. The number of fused-ring (bicyclic) bond motifs is 1. The molecule has 0 spiro atoms. The number of thioether (sulfide) groups is 1. The fraction of sp³-hybridized carbons (Fsp3) is 0.357. The van der Waals surface area contributed by atoms with Crippen molar-refractivity contribution in [2.75, 3.05) is 5.75 Å². The summed E-state index contributed by atoms with van der Waals surface area (Å²) in [7, 11) is 0. The number of hydrogen-bond acceptors (Lipinski definition) is 6. The summed E-state index contributed by atoms with van der Waals surface area (Å²) in [5.41, 5.74) is 1.75. The third kappa shape index (κ3) is 2.78. The first-order valence-corrected chi connectivity index (χ1v) is 9.62. The molecule has 5 nitrogen and oxygen atoms in total. The predicted octanol–water partition coefficient (Wildman–Crippen LogP) is 2.80. The van der Waals surface area contributed by atoms with Crippen LogP contribution in [0.5, 0.6) is 0 Å². The fourth-order valence-electron chi connectivity index (χ4n) is 2.22. The molecule has 0 aliphatic heterocycles. The van der Waals surface area contributed by atoms with E-state index in [1.54, 1.807) is 9.13 Å². The van der Waals surface area contributed by atoms with E-state index in [1.807, 2.05) is 30.7 Å². The zero-order valence-corrected chi connectivity index (χ0v) is 14.7. The molecule has 0 radical (unpaired) electrons.